The monoisotopic (exact) mass is 354 g/mol. The summed E-state index contributed by atoms with van der Waals surface area (Å²) in [5.74, 6) is 0. The molecule has 6 heteroatoms. The van der Waals surface area contributed by atoms with Crippen molar-refractivity contribution >= 4 is 21.6 Å². The van der Waals surface area contributed by atoms with Gasteiger partial charge in [0.05, 0.1) is 11.3 Å². The van der Waals surface area contributed by atoms with Crippen LogP contribution in [0.4, 0.5) is 13.2 Å². The maximum absolute atomic E-state index is 12.8. The van der Waals surface area contributed by atoms with E-state index in [2.05, 4.69) is 20.9 Å². The lowest BCUT2D eigenvalue weighted by atomic mass is 10.1. The van der Waals surface area contributed by atoms with Gasteiger partial charge in [-0.1, -0.05) is 12.1 Å². The number of benzene rings is 1. The molecule has 3 rings (SSSR count). The first-order valence-corrected chi connectivity index (χ1v) is 6.97. The largest absolute Gasteiger partial charge is 0.416 e. The predicted octanol–water partition coefficient (Wildman–Crippen LogP) is 5.09. The minimum Gasteiger partial charge on any atom is -0.303 e. The number of hydrogen-bond acceptors (Lipinski definition) is 1. The molecule has 0 bridgehead atoms. The van der Waals surface area contributed by atoms with E-state index in [1.807, 2.05) is 23.5 Å². The quantitative estimate of drug-likeness (QED) is 0.594. The number of nitrogens with zero attached hydrogens (tertiary/aromatic N) is 2. The third-order valence-electron chi connectivity index (χ3n) is 3.30. The summed E-state index contributed by atoms with van der Waals surface area (Å²) >= 11 is 3.42. The molecule has 108 valence electrons. The van der Waals surface area contributed by atoms with Crippen LogP contribution in [0.3, 0.4) is 0 Å². The van der Waals surface area contributed by atoms with Gasteiger partial charge in [0.15, 0.2) is 0 Å². The molecule has 0 aliphatic heterocycles. The lowest BCUT2D eigenvalue weighted by Gasteiger charge is -2.07. The van der Waals surface area contributed by atoms with Gasteiger partial charge in [0, 0.05) is 21.9 Å². The lowest BCUT2D eigenvalue weighted by Crippen LogP contribution is -2.04. The standard InChI is InChI=1S/C15H10BrF3N2/c1-9-12(16)5-6-14-20-13(8-21(9)14)10-3-2-4-11(7-10)15(17,18)19/h2-8H,1H3. The van der Waals surface area contributed by atoms with Crippen molar-refractivity contribution in [2.24, 2.45) is 0 Å². The van der Waals surface area contributed by atoms with Crippen molar-refractivity contribution < 1.29 is 13.2 Å². The second kappa shape index (κ2) is 4.87. The van der Waals surface area contributed by atoms with E-state index in [0.717, 1.165) is 22.3 Å². The number of hydrogen-bond donors (Lipinski definition) is 0. The van der Waals surface area contributed by atoms with Crippen LogP contribution in [0.2, 0.25) is 0 Å². The minimum absolute atomic E-state index is 0.448. The molecule has 0 atom stereocenters. The van der Waals surface area contributed by atoms with Crippen LogP contribution in [0.1, 0.15) is 11.3 Å². The summed E-state index contributed by atoms with van der Waals surface area (Å²) in [7, 11) is 0. The highest BCUT2D eigenvalue weighted by molar-refractivity contribution is 9.10. The maximum Gasteiger partial charge on any atom is 0.416 e. The van der Waals surface area contributed by atoms with Crippen molar-refractivity contribution in [3.8, 4) is 11.3 Å². The summed E-state index contributed by atoms with van der Waals surface area (Å²) in [5, 5.41) is 0. The average Bonchev–Trinajstić information content (AvgIpc) is 2.87. The fraction of sp³-hybridized carbons (Fsp3) is 0.133. The number of rotatable bonds is 1. The van der Waals surface area contributed by atoms with Gasteiger partial charge < -0.3 is 4.40 Å². The first-order chi connectivity index (χ1) is 9.86. The molecule has 2 nitrogen and oxygen atoms in total. The zero-order chi connectivity index (χ0) is 15.2. The Morgan fingerprint density at radius 3 is 2.62 bits per heavy atom. The summed E-state index contributed by atoms with van der Waals surface area (Å²) in [6, 6.07) is 8.88. The van der Waals surface area contributed by atoms with Gasteiger partial charge >= 0.3 is 6.18 Å². The molecule has 0 unspecified atom stereocenters. The topological polar surface area (TPSA) is 17.3 Å². The first-order valence-electron chi connectivity index (χ1n) is 6.18. The van der Waals surface area contributed by atoms with Crippen molar-refractivity contribution in [3.63, 3.8) is 0 Å². The van der Waals surface area contributed by atoms with Gasteiger partial charge in [-0.15, -0.1) is 0 Å². The predicted molar refractivity (Wildman–Crippen MR) is 78.1 cm³/mol. The smallest absolute Gasteiger partial charge is 0.303 e. The van der Waals surface area contributed by atoms with Gasteiger partial charge in [-0.25, -0.2) is 4.98 Å². The van der Waals surface area contributed by atoms with E-state index in [1.54, 1.807) is 12.3 Å². The molecule has 0 saturated heterocycles. The van der Waals surface area contributed by atoms with Crippen LogP contribution >= 0.6 is 15.9 Å². The van der Waals surface area contributed by atoms with Crippen LogP contribution in [0.25, 0.3) is 16.9 Å². The van der Waals surface area contributed by atoms with Crippen molar-refractivity contribution in [1.29, 1.82) is 0 Å². The second-order valence-corrected chi connectivity index (χ2v) is 5.55. The van der Waals surface area contributed by atoms with Crippen LogP contribution in [-0.4, -0.2) is 9.38 Å². The minimum atomic E-state index is -4.35. The van der Waals surface area contributed by atoms with E-state index >= 15 is 0 Å². The highest BCUT2D eigenvalue weighted by atomic mass is 79.9. The van der Waals surface area contributed by atoms with Crippen molar-refractivity contribution in [2.45, 2.75) is 13.1 Å². The second-order valence-electron chi connectivity index (χ2n) is 4.70. The summed E-state index contributed by atoms with van der Waals surface area (Å²) in [5.41, 5.74) is 1.93. The fourth-order valence-electron chi connectivity index (χ4n) is 2.16. The third-order valence-corrected chi connectivity index (χ3v) is 4.14. The number of imidazole rings is 1. The van der Waals surface area contributed by atoms with Crippen LogP contribution in [0.15, 0.2) is 47.1 Å². The van der Waals surface area contributed by atoms with Gasteiger partial charge in [0.1, 0.15) is 5.65 Å². The van der Waals surface area contributed by atoms with Crippen LogP contribution < -0.4 is 0 Å². The SMILES string of the molecule is Cc1c(Br)ccc2nc(-c3cccc(C(F)(F)F)c3)cn12. The van der Waals surface area contributed by atoms with Crippen LogP contribution in [-0.2, 0) is 6.18 Å². The molecular formula is C15H10BrF3N2. The molecule has 21 heavy (non-hydrogen) atoms. The molecule has 3 aromatic rings. The summed E-state index contributed by atoms with van der Waals surface area (Å²) in [6.45, 7) is 1.91. The van der Waals surface area contributed by atoms with Crippen LogP contribution in [0.5, 0.6) is 0 Å². The number of pyridine rings is 1. The number of aryl methyl sites for hydroxylation is 1. The fourth-order valence-corrected chi connectivity index (χ4v) is 2.48. The van der Waals surface area contributed by atoms with Crippen molar-refractivity contribution in [2.75, 3.05) is 0 Å². The lowest BCUT2D eigenvalue weighted by molar-refractivity contribution is -0.137. The maximum atomic E-state index is 12.8. The number of halogens is 4. The van der Waals surface area contributed by atoms with E-state index in [-0.39, 0.29) is 0 Å². The molecule has 0 saturated carbocycles. The zero-order valence-corrected chi connectivity index (χ0v) is 12.5. The molecule has 0 fully saturated rings. The number of fused-ring (bicyclic) bond motifs is 1. The zero-order valence-electron chi connectivity index (χ0n) is 10.9. The molecule has 0 radical (unpaired) electrons. The summed E-state index contributed by atoms with van der Waals surface area (Å²) in [4.78, 5) is 4.38. The van der Waals surface area contributed by atoms with Gasteiger partial charge in [-0.3, -0.25) is 0 Å². The van der Waals surface area contributed by atoms with Gasteiger partial charge in [0.25, 0.3) is 0 Å². The molecule has 0 N–H and O–H groups in total. The molecule has 0 aliphatic carbocycles. The molecule has 2 aromatic heterocycles. The molecule has 0 amide bonds. The summed E-state index contributed by atoms with van der Waals surface area (Å²) < 4.78 is 41.1. The molecule has 1 aromatic carbocycles. The third kappa shape index (κ3) is 2.55. The molecular weight excluding hydrogens is 345 g/mol. The highest BCUT2D eigenvalue weighted by Crippen LogP contribution is 2.32. The molecule has 2 heterocycles. The van der Waals surface area contributed by atoms with E-state index in [1.165, 1.54) is 6.07 Å². The van der Waals surface area contributed by atoms with Gasteiger partial charge in [-0.05, 0) is 47.1 Å². The Balaban J connectivity index is 2.15. The Hall–Kier alpha value is -1.82. The Morgan fingerprint density at radius 1 is 1.14 bits per heavy atom. The van der Waals surface area contributed by atoms with E-state index < -0.39 is 11.7 Å². The first kappa shape index (κ1) is 14.1. The van der Waals surface area contributed by atoms with Crippen LogP contribution in [0, 0.1) is 6.92 Å². The van der Waals surface area contributed by atoms with E-state index in [9.17, 15) is 13.2 Å². The summed E-state index contributed by atoms with van der Waals surface area (Å²) in [6.07, 6.45) is -2.61. The number of alkyl halides is 3. The molecule has 0 spiro atoms. The van der Waals surface area contributed by atoms with Gasteiger partial charge in [0.2, 0.25) is 0 Å². The van der Waals surface area contributed by atoms with E-state index in [4.69, 9.17) is 0 Å². The Kier molecular flexibility index (Phi) is 3.28. The Labute approximate surface area is 127 Å². The highest BCUT2D eigenvalue weighted by Gasteiger charge is 2.30. The average molecular weight is 355 g/mol. The Morgan fingerprint density at radius 2 is 1.90 bits per heavy atom. The number of aromatic nitrogens is 2. The van der Waals surface area contributed by atoms with Crippen molar-refractivity contribution in [3.05, 3.63) is 58.3 Å². The van der Waals surface area contributed by atoms with Gasteiger partial charge in [-0.2, -0.15) is 13.2 Å². The Bertz CT molecular complexity index is 821. The van der Waals surface area contributed by atoms with E-state index in [0.29, 0.717) is 16.9 Å². The molecule has 0 aliphatic rings. The normalized spacial score (nSPS) is 12.0. The van der Waals surface area contributed by atoms with Crippen molar-refractivity contribution in [1.82, 2.24) is 9.38 Å².